The van der Waals surface area contributed by atoms with E-state index < -0.39 is 5.97 Å². The van der Waals surface area contributed by atoms with Crippen LogP contribution in [0.5, 0.6) is 0 Å². The summed E-state index contributed by atoms with van der Waals surface area (Å²) in [4.78, 5) is 14.3. The summed E-state index contributed by atoms with van der Waals surface area (Å²) in [6.07, 6.45) is 2.81. The lowest BCUT2D eigenvalue weighted by Crippen LogP contribution is -2.02. The van der Waals surface area contributed by atoms with E-state index in [4.69, 9.17) is 10.8 Å². The van der Waals surface area contributed by atoms with Crippen LogP contribution in [0, 0.1) is 0 Å². The van der Waals surface area contributed by atoms with E-state index in [9.17, 15) is 4.79 Å². The molecule has 0 aliphatic rings. The van der Waals surface area contributed by atoms with Crippen LogP contribution in [0.4, 0.5) is 5.82 Å². The molecular formula is C8H8N2O2. The number of nitrogen functional groups attached to an aromatic ring is 1. The molecule has 1 aromatic heterocycles. The first-order valence-electron chi connectivity index (χ1n) is 3.26. The van der Waals surface area contributed by atoms with Gasteiger partial charge in [-0.25, -0.2) is 9.78 Å². The number of nitrogens with zero attached hydrogens (tertiary/aromatic N) is 1. The van der Waals surface area contributed by atoms with Gasteiger partial charge in [0.2, 0.25) is 0 Å². The van der Waals surface area contributed by atoms with E-state index in [0.717, 1.165) is 0 Å². The number of aromatic carboxylic acids is 1. The molecule has 0 aromatic carbocycles. The normalized spacial score (nSPS) is 9.33. The van der Waals surface area contributed by atoms with E-state index in [0.29, 0.717) is 5.56 Å². The second kappa shape index (κ2) is 3.04. The fraction of sp³-hybridized carbons (Fsp3) is 0. The monoisotopic (exact) mass is 164 g/mol. The highest BCUT2D eigenvalue weighted by Gasteiger charge is 2.07. The molecule has 0 amide bonds. The second-order valence-electron chi connectivity index (χ2n) is 2.21. The number of hydrogen-bond donors (Lipinski definition) is 2. The first-order chi connectivity index (χ1) is 5.65. The van der Waals surface area contributed by atoms with Gasteiger partial charge in [-0.2, -0.15) is 0 Å². The van der Waals surface area contributed by atoms with Crippen LogP contribution in [0.1, 0.15) is 15.9 Å². The lowest BCUT2D eigenvalue weighted by atomic mass is 10.1. The summed E-state index contributed by atoms with van der Waals surface area (Å²) < 4.78 is 0. The molecule has 0 aliphatic carbocycles. The predicted molar refractivity (Wildman–Crippen MR) is 45.7 cm³/mol. The Balaban J connectivity index is 3.30. The molecule has 0 unspecified atom stereocenters. The molecular weight excluding hydrogens is 156 g/mol. The van der Waals surface area contributed by atoms with E-state index in [2.05, 4.69) is 11.6 Å². The van der Waals surface area contributed by atoms with Crippen molar-refractivity contribution in [2.75, 3.05) is 5.73 Å². The molecule has 3 N–H and O–H groups in total. The minimum Gasteiger partial charge on any atom is -0.478 e. The molecule has 0 saturated carbocycles. The molecule has 4 nitrogen and oxygen atoms in total. The third-order valence-corrected chi connectivity index (χ3v) is 1.41. The minimum absolute atomic E-state index is 0.123. The Morgan fingerprint density at radius 2 is 2.42 bits per heavy atom. The summed E-state index contributed by atoms with van der Waals surface area (Å²) in [5.74, 6) is -0.836. The number of aromatic nitrogens is 1. The molecule has 0 aliphatic heterocycles. The van der Waals surface area contributed by atoms with Gasteiger partial charge in [0, 0.05) is 11.8 Å². The van der Waals surface area contributed by atoms with Crippen molar-refractivity contribution in [1.29, 1.82) is 0 Å². The average Bonchev–Trinajstić information content (AvgIpc) is 2.04. The highest BCUT2D eigenvalue weighted by atomic mass is 16.4. The van der Waals surface area contributed by atoms with Gasteiger partial charge >= 0.3 is 5.97 Å². The van der Waals surface area contributed by atoms with Crippen molar-refractivity contribution in [2.24, 2.45) is 0 Å². The number of carboxylic acid groups (broad SMARTS) is 1. The Bertz CT molecular complexity index is 334. The Morgan fingerprint density at radius 3 is 2.92 bits per heavy atom. The third kappa shape index (κ3) is 1.42. The number of anilines is 1. The first-order valence-corrected chi connectivity index (χ1v) is 3.26. The maximum atomic E-state index is 10.6. The molecule has 4 heteroatoms. The maximum absolute atomic E-state index is 10.6. The van der Waals surface area contributed by atoms with Gasteiger partial charge in [0.15, 0.2) is 0 Å². The molecule has 0 spiro atoms. The number of hydrogen-bond acceptors (Lipinski definition) is 3. The van der Waals surface area contributed by atoms with Crippen molar-refractivity contribution in [2.45, 2.75) is 0 Å². The van der Waals surface area contributed by atoms with Crippen molar-refractivity contribution in [1.82, 2.24) is 4.98 Å². The Hall–Kier alpha value is -1.84. The summed E-state index contributed by atoms with van der Waals surface area (Å²) in [6.45, 7) is 3.46. The van der Waals surface area contributed by atoms with Gasteiger partial charge < -0.3 is 10.8 Å². The smallest absolute Gasteiger partial charge is 0.336 e. The Kier molecular flexibility index (Phi) is 2.09. The lowest BCUT2D eigenvalue weighted by molar-refractivity contribution is 0.0696. The van der Waals surface area contributed by atoms with E-state index in [-0.39, 0.29) is 11.4 Å². The average molecular weight is 164 g/mol. The van der Waals surface area contributed by atoms with E-state index in [1.54, 1.807) is 0 Å². The van der Waals surface area contributed by atoms with Crippen LogP contribution in [0.3, 0.4) is 0 Å². The molecule has 62 valence electrons. The van der Waals surface area contributed by atoms with Crippen LogP contribution in [-0.2, 0) is 0 Å². The van der Waals surface area contributed by atoms with Gasteiger partial charge in [-0.05, 0) is 6.07 Å². The van der Waals surface area contributed by atoms with Crippen LogP contribution < -0.4 is 5.73 Å². The number of carbonyl (C=O) groups is 1. The molecule has 0 radical (unpaired) electrons. The van der Waals surface area contributed by atoms with Crippen molar-refractivity contribution in [3.63, 3.8) is 0 Å². The van der Waals surface area contributed by atoms with Gasteiger partial charge in [-0.3, -0.25) is 0 Å². The van der Waals surface area contributed by atoms with Gasteiger partial charge in [-0.15, -0.1) is 0 Å². The molecule has 1 aromatic rings. The third-order valence-electron chi connectivity index (χ3n) is 1.41. The van der Waals surface area contributed by atoms with E-state index in [1.165, 1.54) is 18.3 Å². The summed E-state index contributed by atoms with van der Waals surface area (Å²) >= 11 is 0. The lowest BCUT2D eigenvalue weighted by Gasteiger charge is -2.00. The molecule has 1 heterocycles. The fourth-order valence-electron chi connectivity index (χ4n) is 0.830. The molecule has 1 rings (SSSR count). The van der Waals surface area contributed by atoms with Gasteiger partial charge in [-0.1, -0.05) is 12.7 Å². The zero-order chi connectivity index (χ0) is 9.14. The van der Waals surface area contributed by atoms with E-state index >= 15 is 0 Å². The number of pyridine rings is 1. The SMILES string of the molecule is C=Cc1cnc(N)cc1C(=O)O. The number of rotatable bonds is 2. The van der Waals surface area contributed by atoms with Gasteiger partial charge in [0.05, 0.1) is 5.56 Å². The van der Waals surface area contributed by atoms with Crippen LogP contribution in [0.15, 0.2) is 18.8 Å². The van der Waals surface area contributed by atoms with Crippen LogP contribution in [0.25, 0.3) is 6.08 Å². The van der Waals surface area contributed by atoms with Gasteiger partial charge in [0.25, 0.3) is 0 Å². The van der Waals surface area contributed by atoms with Crippen LogP contribution in [0.2, 0.25) is 0 Å². The quantitative estimate of drug-likeness (QED) is 0.683. The maximum Gasteiger partial charge on any atom is 0.336 e. The van der Waals surface area contributed by atoms with E-state index in [1.807, 2.05) is 0 Å². The second-order valence-corrected chi connectivity index (χ2v) is 2.21. The summed E-state index contributed by atoms with van der Waals surface area (Å²) in [5, 5.41) is 8.69. The Morgan fingerprint density at radius 1 is 1.75 bits per heavy atom. The standard InChI is InChI=1S/C8H8N2O2/c1-2-5-4-10-7(9)3-6(5)8(11)12/h2-4H,1H2,(H2,9,10)(H,11,12). The summed E-state index contributed by atoms with van der Waals surface area (Å²) in [7, 11) is 0. The highest BCUT2D eigenvalue weighted by molar-refractivity contribution is 5.92. The van der Waals surface area contributed by atoms with Crippen molar-refractivity contribution in [3.05, 3.63) is 30.0 Å². The predicted octanol–water partition coefficient (Wildman–Crippen LogP) is 1.01. The van der Waals surface area contributed by atoms with Crippen LogP contribution in [-0.4, -0.2) is 16.1 Å². The van der Waals surface area contributed by atoms with Crippen molar-refractivity contribution >= 4 is 17.9 Å². The minimum atomic E-state index is -1.03. The van der Waals surface area contributed by atoms with Crippen LogP contribution >= 0.6 is 0 Å². The van der Waals surface area contributed by atoms with Gasteiger partial charge in [0.1, 0.15) is 5.82 Å². The fourth-order valence-corrected chi connectivity index (χ4v) is 0.830. The summed E-state index contributed by atoms with van der Waals surface area (Å²) in [6, 6.07) is 1.30. The zero-order valence-corrected chi connectivity index (χ0v) is 6.32. The molecule has 12 heavy (non-hydrogen) atoms. The zero-order valence-electron chi connectivity index (χ0n) is 6.32. The molecule has 0 bridgehead atoms. The molecule has 0 saturated heterocycles. The summed E-state index contributed by atoms with van der Waals surface area (Å²) in [5.41, 5.74) is 5.90. The molecule has 0 atom stereocenters. The number of carboxylic acids is 1. The van der Waals surface area contributed by atoms with Crippen molar-refractivity contribution < 1.29 is 9.90 Å². The molecule has 0 fully saturated rings. The van der Waals surface area contributed by atoms with Crippen molar-refractivity contribution in [3.8, 4) is 0 Å². The first kappa shape index (κ1) is 8.26. The number of nitrogens with two attached hydrogens (primary N) is 1. The largest absolute Gasteiger partial charge is 0.478 e. The Labute approximate surface area is 69.4 Å². The topological polar surface area (TPSA) is 76.2 Å². The highest BCUT2D eigenvalue weighted by Crippen LogP contribution is 2.11.